The van der Waals surface area contributed by atoms with Crippen LogP contribution in [0.2, 0.25) is 0 Å². The van der Waals surface area contributed by atoms with E-state index in [1.165, 1.54) is 36.8 Å². The minimum atomic E-state index is -0.193. The fraction of sp³-hybridized carbons (Fsp3) is 0.619. The van der Waals surface area contributed by atoms with Gasteiger partial charge in [0.15, 0.2) is 0 Å². The normalized spacial score (nSPS) is 28.8. The van der Waals surface area contributed by atoms with Crippen LogP contribution in [0.15, 0.2) is 30.4 Å². The summed E-state index contributed by atoms with van der Waals surface area (Å²) >= 11 is 4.00. The van der Waals surface area contributed by atoms with Gasteiger partial charge in [-0.2, -0.15) is 0 Å². The fourth-order valence-electron chi connectivity index (χ4n) is 4.63. The number of fused-ring (bicyclic) bond motifs is 2. The summed E-state index contributed by atoms with van der Waals surface area (Å²) in [6, 6.07) is 6.25. The minimum Gasteiger partial charge on any atom is -0.429 e. The van der Waals surface area contributed by atoms with Crippen LogP contribution in [-0.2, 0) is 12.8 Å². The van der Waals surface area contributed by atoms with Crippen molar-refractivity contribution < 1.29 is 9.29 Å². The van der Waals surface area contributed by atoms with Crippen molar-refractivity contribution in [2.75, 3.05) is 0 Å². The lowest BCUT2D eigenvalue weighted by Gasteiger charge is -2.31. The molecular formula is C21H30O2S. The summed E-state index contributed by atoms with van der Waals surface area (Å²) in [6.45, 7) is 2.25. The quantitative estimate of drug-likeness (QED) is 0.309. The Hall–Kier alpha value is -0.930. The molecule has 1 aromatic rings. The Morgan fingerprint density at radius 3 is 2.92 bits per heavy atom. The second-order valence-corrected chi connectivity index (χ2v) is 7.66. The third kappa shape index (κ3) is 3.83. The van der Waals surface area contributed by atoms with E-state index in [9.17, 15) is 5.11 Å². The molecule has 132 valence electrons. The monoisotopic (exact) mass is 346 g/mol. The first-order valence-corrected chi connectivity index (χ1v) is 9.88. The number of allylic oxidation sites excluding steroid dienone is 1. The van der Waals surface area contributed by atoms with Crippen LogP contribution < -0.4 is 4.18 Å². The molecule has 0 aromatic heterocycles. The van der Waals surface area contributed by atoms with Gasteiger partial charge in [0.05, 0.1) is 6.10 Å². The topological polar surface area (TPSA) is 29.5 Å². The highest BCUT2D eigenvalue weighted by Crippen LogP contribution is 2.47. The highest BCUT2D eigenvalue weighted by atomic mass is 32.1. The van der Waals surface area contributed by atoms with Crippen molar-refractivity contribution >= 4 is 12.9 Å². The zero-order valence-electron chi connectivity index (χ0n) is 14.7. The molecule has 1 aromatic carbocycles. The number of hydrogen-bond donors (Lipinski definition) is 2. The van der Waals surface area contributed by atoms with E-state index in [0.29, 0.717) is 17.8 Å². The molecule has 4 atom stereocenters. The molecule has 0 heterocycles. The Morgan fingerprint density at radius 1 is 1.25 bits per heavy atom. The van der Waals surface area contributed by atoms with Crippen molar-refractivity contribution in [3.05, 3.63) is 41.5 Å². The molecule has 0 amide bonds. The summed E-state index contributed by atoms with van der Waals surface area (Å²) in [6.07, 6.45) is 13.8. The minimum absolute atomic E-state index is 0.193. The maximum atomic E-state index is 10.6. The molecule has 1 fully saturated rings. The van der Waals surface area contributed by atoms with Crippen molar-refractivity contribution in [3.8, 4) is 5.75 Å². The predicted octanol–water partition coefficient (Wildman–Crippen LogP) is 5.15. The van der Waals surface area contributed by atoms with Crippen molar-refractivity contribution in [1.29, 1.82) is 0 Å². The van der Waals surface area contributed by atoms with Crippen molar-refractivity contribution in [1.82, 2.24) is 0 Å². The van der Waals surface area contributed by atoms with Crippen LogP contribution in [0.4, 0.5) is 0 Å². The lowest BCUT2D eigenvalue weighted by Crippen LogP contribution is -2.25. The Bertz CT molecular complexity index is 569. The second-order valence-electron chi connectivity index (χ2n) is 7.48. The molecule has 1 unspecified atom stereocenters. The molecule has 3 heteroatoms. The van der Waals surface area contributed by atoms with Gasteiger partial charge in [0, 0.05) is 18.8 Å². The van der Waals surface area contributed by atoms with Gasteiger partial charge in [0.1, 0.15) is 5.75 Å². The van der Waals surface area contributed by atoms with Crippen molar-refractivity contribution in [2.24, 2.45) is 17.8 Å². The molecule has 0 aliphatic heterocycles. The van der Waals surface area contributed by atoms with Crippen molar-refractivity contribution in [2.45, 2.75) is 64.4 Å². The van der Waals surface area contributed by atoms with E-state index in [0.717, 1.165) is 31.4 Å². The summed E-state index contributed by atoms with van der Waals surface area (Å²) in [5, 5.41) is 10.6. The first kappa shape index (κ1) is 17.9. The number of rotatable bonds is 7. The average molecular weight is 347 g/mol. The van der Waals surface area contributed by atoms with Gasteiger partial charge < -0.3 is 9.29 Å². The summed E-state index contributed by atoms with van der Waals surface area (Å²) in [7, 11) is 0. The first-order chi connectivity index (χ1) is 11.7. The largest absolute Gasteiger partial charge is 0.429 e. The van der Waals surface area contributed by atoms with Gasteiger partial charge in [0.2, 0.25) is 0 Å². The molecule has 2 aliphatic rings. The molecule has 0 saturated heterocycles. The van der Waals surface area contributed by atoms with Crippen LogP contribution >= 0.6 is 12.9 Å². The molecule has 3 rings (SSSR count). The Balaban J connectivity index is 1.65. The van der Waals surface area contributed by atoms with Crippen LogP contribution in [0, 0.1) is 17.8 Å². The van der Waals surface area contributed by atoms with Gasteiger partial charge in [-0.25, -0.2) is 0 Å². The van der Waals surface area contributed by atoms with E-state index in [1.807, 2.05) is 6.07 Å². The van der Waals surface area contributed by atoms with Gasteiger partial charge in [-0.05, 0) is 61.1 Å². The molecular weight excluding hydrogens is 316 g/mol. The summed E-state index contributed by atoms with van der Waals surface area (Å²) in [5.74, 6) is 2.33. The highest BCUT2D eigenvalue weighted by Gasteiger charge is 2.43. The van der Waals surface area contributed by atoms with E-state index in [-0.39, 0.29) is 6.10 Å². The molecule has 2 nitrogen and oxygen atoms in total. The van der Waals surface area contributed by atoms with Crippen LogP contribution in [0.1, 0.15) is 56.6 Å². The van der Waals surface area contributed by atoms with Crippen LogP contribution in [0.25, 0.3) is 0 Å². The number of aliphatic hydroxyl groups excluding tert-OH is 1. The van der Waals surface area contributed by atoms with E-state index in [1.54, 1.807) is 0 Å². The number of thiol groups is 1. The van der Waals surface area contributed by atoms with Crippen LogP contribution in [0.3, 0.4) is 0 Å². The summed E-state index contributed by atoms with van der Waals surface area (Å²) < 4.78 is 5.24. The predicted molar refractivity (Wildman–Crippen MR) is 102 cm³/mol. The van der Waals surface area contributed by atoms with Crippen molar-refractivity contribution in [3.63, 3.8) is 0 Å². The SMILES string of the molecule is CCCCCC/C=C/C1[C@H](O)C[C@@H]2Cc3c(cccc3OS)C[C@H]12. The third-order valence-corrected chi connectivity index (χ3v) is 6.12. The van der Waals surface area contributed by atoms with Gasteiger partial charge in [-0.3, -0.25) is 0 Å². The Labute approximate surface area is 151 Å². The Kier molecular flexibility index (Phi) is 6.29. The van der Waals surface area contributed by atoms with Crippen LogP contribution in [0.5, 0.6) is 5.75 Å². The van der Waals surface area contributed by atoms with E-state index in [4.69, 9.17) is 4.18 Å². The first-order valence-electron chi connectivity index (χ1n) is 9.51. The smallest absolute Gasteiger partial charge is 0.140 e. The Morgan fingerprint density at radius 2 is 2.12 bits per heavy atom. The number of hydrogen-bond acceptors (Lipinski definition) is 3. The fourth-order valence-corrected chi connectivity index (χ4v) is 4.80. The molecule has 0 radical (unpaired) electrons. The summed E-state index contributed by atoms with van der Waals surface area (Å²) in [4.78, 5) is 0. The molecule has 0 bridgehead atoms. The standard InChI is InChI=1S/C21H30O2S/c1-2-3-4-5-6-7-10-17-18-12-15-9-8-11-21(23-24)19(15)13-16(18)14-20(17)22/h7-11,16-18,20,22,24H,2-6,12-14H2,1H3/b10-7+/t16-,17?,18-,20+/m0/s1. The van der Waals surface area contributed by atoms with E-state index in [2.05, 4.69) is 44.1 Å². The van der Waals surface area contributed by atoms with E-state index >= 15 is 0 Å². The molecule has 24 heavy (non-hydrogen) atoms. The van der Waals surface area contributed by atoms with Gasteiger partial charge in [-0.1, -0.05) is 50.5 Å². The lowest BCUT2D eigenvalue weighted by molar-refractivity contribution is 0.141. The lowest BCUT2D eigenvalue weighted by atomic mass is 9.74. The second kappa shape index (κ2) is 8.44. The molecule has 0 spiro atoms. The van der Waals surface area contributed by atoms with Crippen LogP contribution in [-0.4, -0.2) is 11.2 Å². The van der Waals surface area contributed by atoms with E-state index < -0.39 is 0 Å². The maximum Gasteiger partial charge on any atom is 0.140 e. The number of unbranched alkanes of at least 4 members (excludes halogenated alkanes) is 4. The highest BCUT2D eigenvalue weighted by molar-refractivity contribution is 7.75. The summed E-state index contributed by atoms with van der Waals surface area (Å²) in [5.41, 5.74) is 2.67. The molecule has 1 N–H and O–H groups in total. The number of benzene rings is 1. The van der Waals surface area contributed by atoms with Gasteiger partial charge in [-0.15, -0.1) is 0 Å². The molecule has 1 saturated carbocycles. The molecule has 2 aliphatic carbocycles. The maximum absolute atomic E-state index is 10.6. The van der Waals surface area contributed by atoms with Gasteiger partial charge in [0.25, 0.3) is 0 Å². The average Bonchev–Trinajstić information content (AvgIpc) is 2.90. The number of aliphatic hydroxyl groups is 1. The van der Waals surface area contributed by atoms with Gasteiger partial charge >= 0.3 is 0 Å². The zero-order chi connectivity index (χ0) is 16.9. The third-order valence-electron chi connectivity index (χ3n) is 5.92. The zero-order valence-corrected chi connectivity index (χ0v) is 15.6.